The van der Waals surface area contributed by atoms with Crippen molar-refractivity contribution >= 4 is 46.2 Å². The fraction of sp³-hybridized carbons (Fsp3) is 0.250. The Bertz CT molecular complexity index is 1770. The molecule has 3 N–H and O–H groups in total. The molecule has 0 unspecified atom stereocenters. The standard InChI is InChI=1S/C32H32N2O10S/c1-40-23-11-6-5-10-20(23)31(37)33-19-9-7-8-18(14-19)24-15-22(35)28-25(44-24)16-26(41-2)29(42-3)30(28)43-17-27(36)34-21(32(38)39)12-13-45-4/h5-11,14-16,21H,12-13,17H2,1-4H3,(H,33,37)(H,34,36)(H,38,39)/t21-/m0/s1. The molecule has 0 saturated carbocycles. The Kier molecular flexibility index (Phi) is 10.9. The second kappa shape index (κ2) is 15.0. The number of hydrogen-bond acceptors (Lipinski definition) is 10. The molecule has 0 saturated heterocycles. The quantitative estimate of drug-likeness (QED) is 0.179. The summed E-state index contributed by atoms with van der Waals surface area (Å²) in [6.07, 6.45) is 2.06. The lowest BCUT2D eigenvalue weighted by atomic mass is 10.1. The van der Waals surface area contributed by atoms with Gasteiger partial charge in [-0.2, -0.15) is 11.8 Å². The first-order chi connectivity index (χ1) is 21.7. The van der Waals surface area contributed by atoms with Gasteiger partial charge in [-0.15, -0.1) is 0 Å². The minimum Gasteiger partial charge on any atom is -0.496 e. The van der Waals surface area contributed by atoms with Crippen LogP contribution in [0, 0.1) is 0 Å². The third kappa shape index (κ3) is 7.68. The Morgan fingerprint density at radius 2 is 1.69 bits per heavy atom. The summed E-state index contributed by atoms with van der Waals surface area (Å²) in [7, 11) is 4.21. The van der Waals surface area contributed by atoms with Crippen LogP contribution in [-0.2, 0) is 9.59 Å². The normalized spacial score (nSPS) is 11.4. The Morgan fingerprint density at radius 1 is 0.933 bits per heavy atom. The van der Waals surface area contributed by atoms with Crippen molar-refractivity contribution in [3.05, 3.63) is 76.5 Å². The summed E-state index contributed by atoms with van der Waals surface area (Å²) in [5, 5.41) is 14.7. The van der Waals surface area contributed by atoms with Gasteiger partial charge in [-0.3, -0.25) is 14.4 Å². The molecule has 4 aromatic rings. The Labute approximate surface area is 262 Å². The second-order valence-corrected chi connectivity index (χ2v) is 10.5. The van der Waals surface area contributed by atoms with Gasteiger partial charge in [-0.05, 0) is 42.7 Å². The van der Waals surface area contributed by atoms with Crippen molar-refractivity contribution in [1.29, 1.82) is 0 Å². The van der Waals surface area contributed by atoms with Crippen LogP contribution in [0.3, 0.4) is 0 Å². The van der Waals surface area contributed by atoms with Gasteiger partial charge in [-0.25, -0.2) is 4.79 Å². The first-order valence-corrected chi connectivity index (χ1v) is 15.0. The molecule has 4 rings (SSSR count). The molecule has 12 nitrogen and oxygen atoms in total. The number of carbonyl (C=O) groups is 3. The monoisotopic (exact) mass is 636 g/mol. The zero-order valence-electron chi connectivity index (χ0n) is 25.0. The zero-order valence-corrected chi connectivity index (χ0v) is 25.8. The van der Waals surface area contributed by atoms with Gasteiger partial charge in [0.15, 0.2) is 23.5 Å². The van der Waals surface area contributed by atoms with Gasteiger partial charge in [0.05, 0.1) is 26.9 Å². The first kappa shape index (κ1) is 32.7. The second-order valence-electron chi connectivity index (χ2n) is 9.55. The van der Waals surface area contributed by atoms with Crippen LogP contribution in [0.5, 0.6) is 23.0 Å². The third-order valence-electron chi connectivity index (χ3n) is 6.67. The van der Waals surface area contributed by atoms with E-state index in [9.17, 15) is 24.3 Å². The molecular formula is C32H32N2O10S. The van der Waals surface area contributed by atoms with E-state index < -0.39 is 30.0 Å². The molecule has 0 aliphatic carbocycles. The van der Waals surface area contributed by atoms with Crippen LogP contribution in [0.1, 0.15) is 16.8 Å². The predicted octanol–water partition coefficient (Wildman–Crippen LogP) is 4.44. The number of carboxylic acids is 1. The van der Waals surface area contributed by atoms with Gasteiger partial charge in [0.1, 0.15) is 28.5 Å². The number of hydrogen-bond donors (Lipinski definition) is 3. The highest BCUT2D eigenvalue weighted by Crippen LogP contribution is 2.43. The number of aliphatic carboxylic acids is 1. The van der Waals surface area contributed by atoms with Gasteiger partial charge < -0.3 is 39.1 Å². The molecule has 1 atom stereocenters. The lowest BCUT2D eigenvalue weighted by molar-refractivity contribution is -0.142. The third-order valence-corrected chi connectivity index (χ3v) is 7.31. The van der Waals surface area contributed by atoms with Crippen LogP contribution in [0.4, 0.5) is 5.69 Å². The number of carbonyl (C=O) groups excluding carboxylic acids is 2. The lowest BCUT2D eigenvalue weighted by Gasteiger charge is -2.17. The Morgan fingerprint density at radius 3 is 2.38 bits per heavy atom. The first-order valence-electron chi connectivity index (χ1n) is 13.6. The summed E-state index contributed by atoms with van der Waals surface area (Å²) < 4.78 is 28.0. The molecule has 0 aliphatic heterocycles. The number of para-hydroxylation sites is 1. The number of fused-ring (bicyclic) bond motifs is 1. The van der Waals surface area contributed by atoms with Gasteiger partial charge in [0.2, 0.25) is 5.75 Å². The van der Waals surface area contributed by atoms with E-state index in [1.807, 2.05) is 6.26 Å². The fourth-order valence-electron chi connectivity index (χ4n) is 4.52. The summed E-state index contributed by atoms with van der Waals surface area (Å²) in [6, 6.07) is 15.2. The number of carboxylic acid groups (broad SMARTS) is 1. The van der Waals surface area contributed by atoms with E-state index in [4.69, 9.17) is 23.4 Å². The van der Waals surface area contributed by atoms with Crippen LogP contribution in [-0.4, -0.2) is 68.9 Å². The maximum absolute atomic E-state index is 13.5. The fourth-order valence-corrected chi connectivity index (χ4v) is 4.99. The van der Waals surface area contributed by atoms with Crippen molar-refractivity contribution < 1.29 is 42.9 Å². The van der Waals surface area contributed by atoms with E-state index in [0.29, 0.717) is 28.3 Å². The number of amides is 2. The van der Waals surface area contributed by atoms with E-state index in [2.05, 4.69) is 10.6 Å². The maximum atomic E-state index is 13.5. The summed E-state index contributed by atoms with van der Waals surface area (Å²) in [5.74, 6) is -0.987. The zero-order chi connectivity index (χ0) is 32.5. The van der Waals surface area contributed by atoms with E-state index >= 15 is 0 Å². The van der Waals surface area contributed by atoms with Crippen molar-refractivity contribution in [1.82, 2.24) is 5.32 Å². The highest BCUT2D eigenvalue weighted by atomic mass is 32.2. The number of methoxy groups -OCH3 is 3. The Hall–Kier alpha value is -5.17. The topological polar surface area (TPSA) is 163 Å². The molecule has 236 valence electrons. The van der Waals surface area contributed by atoms with Gasteiger partial charge in [0, 0.05) is 23.4 Å². The summed E-state index contributed by atoms with van der Waals surface area (Å²) in [4.78, 5) is 50.6. The SMILES string of the molecule is COc1ccccc1C(=O)Nc1cccc(-c2cc(=O)c3c(OCC(=O)N[C@@H](CCSC)C(=O)O)c(OC)c(OC)cc3o2)c1. The molecule has 2 amide bonds. The van der Waals surface area contributed by atoms with E-state index in [-0.39, 0.29) is 46.3 Å². The smallest absolute Gasteiger partial charge is 0.326 e. The number of anilines is 1. The highest BCUT2D eigenvalue weighted by molar-refractivity contribution is 7.98. The van der Waals surface area contributed by atoms with E-state index in [1.54, 1.807) is 48.5 Å². The van der Waals surface area contributed by atoms with Crippen molar-refractivity contribution in [3.63, 3.8) is 0 Å². The van der Waals surface area contributed by atoms with Crippen LogP contribution >= 0.6 is 11.8 Å². The van der Waals surface area contributed by atoms with Gasteiger partial charge in [0.25, 0.3) is 11.8 Å². The predicted molar refractivity (Wildman–Crippen MR) is 170 cm³/mol. The number of thioether (sulfide) groups is 1. The molecule has 1 aromatic heterocycles. The summed E-state index contributed by atoms with van der Waals surface area (Å²) in [5.41, 5.74) is 0.870. The molecule has 0 bridgehead atoms. The Balaban J connectivity index is 1.66. The average molecular weight is 637 g/mol. The van der Waals surface area contributed by atoms with Gasteiger partial charge in [-0.1, -0.05) is 24.3 Å². The number of ether oxygens (including phenoxy) is 4. The maximum Gasteiger partial charge on any atom is 0.326 e. The van der Waals surface area contributed by atoms with E-state index in [0.717, 1.165) is 0 Å². The molecule has 13 heteroatoms. The largest absolute Gasteiger partial charge is 0.496 e. The minimum atomic E-state index is -1.17. The summed E-state index contributed by atoms with van der Waals surface area (Å²) in [6.45, 7) is -0.600. The molecular weight excluding hydrogens is 604 g/mol. The molecule has 0 aliphatic rings. The molecule has 0 spiro atoms. The number of rotatable bonds is 14. The average Bonchev–Trinajstić information content (AvgIpc) is 3.04. The van der Waals surface area contributed by atoms with Crippen LogP contribution in [0.25, 0.3) is 22.3 Å². The van der Waals surface area contributed by atoms with Crippen LogP contribution < -0.4 is 35.0 Å². The number of benzene rings is 3. The molecule has 45 heavy (non-hydrogen) atoms. The number of nitrogens with one attached hydrogen (secondary N) is 2. The highest BCUT2D eigenvalue weighted by Gasteiger charge is 2.24. The molecule has 1 heterocycles. The molecule has 0 fully saturated rings. The molecule has 0 radical (unpaired) electrons. The van der Waals surface area contributed by atoms with Gasteiger partial charge >= 0.3 is 5.97 Å². The van der Waals surface area contributed by atoms with Crippen LogP contribution in [0.2, 0.25) is 0 Å². The minimum absolute atomic E-state index is 0.0120. The van der Waals surface area contributed by atoms with Crippen molar-refractivity contribution in [3.8, 4) is 34.3 Å². The van der Waals surface area contributed by atoms with Crippen molar-refractivity contribution in [2.24, 2.45) is 0 Å². The van der Waals surface area contributed by atoms with Crippen LogP contribution in [0.15, 0.2) is 69.9 Å². The molecule has 3 aromatic carbocycles. The van der Waals surface area contributed by atoms with Crippen molar-refractivity contribution in [2.75, 3.05) is 45.3 Å². The van der Waals surface area contributed by atoms with E-state index in [1.165, 1.54) is 45.2 Å². The van der Waals surface area contributed by atoms with Crippen molar-refractivity contribution in [2.45, 2.75) is 12.5 Å². The summed E-state index contributed by atoms with van der Waals surface area (Å²) >= 11 is 1.46. The lowest BCUT2D eigenvalue weighted by Crippen LogP contribution is -2.43.